The Morgan fingerprint density at radius 1 is 1.03 bits per heavy atom. The van der Waals surface area contributed by atoms with Crippen LogP contribution in [0.1, 0.15) is 18.4 Å². The fraction of sp³-hybridized carbons (Fsp3) is 0.269. The number of sulfone groups is 1. The van der Waals surface area contributed by atoms with E-state index in [1.807, 2.05) is 12.1 Å². The van der Waals surface area contributed by atoms with Gasteiger partial charge < -0.3 is 4.74 Å². The Balaban J connectivity index is 1.33. The highest BCUT2D eigenvalue weighted by Gasteiger charge is 2.37. The second-order valence-electron chi connectivity index (χ2n) is 9.24. The first-order valence-electron chi connectivity index (χ1n) is 11.8. The fourth-order valence-corrected chi connectivity index (χ4v) is 6.28. The number of aromatic nitrogens is 2. The van der Waals surface area contributed by atoms with Crippen LogP contribution in [0.4, 0.5) is 4.39 Å². The van der Waals surface area contributed by atoms with E-state index in [9.17, 15) is 21.2 Å². The molecule has 0 spiro atoms. The van der Waals surface area contributed by atoms with Crippen molar-refractivity contribution in [2.45, 2.75) is 35.4 Å². The van der Waals surface area contributed by atoms with Gasteiger partial charge in [-0.3, -0.25) is 0 Å². The normalized spacial score (nSPS) is 15.1. The minimum Gasteiger partial charge on any atom is -0.492 e. The minimum atomic E-state index is -3.47. The van der Waals surface area contributed by atoms with Gasteiger partial charge in [-0.05, 0) is 79.4 Å². The average Bonchev–Trinajstić information content (AvgIpc) is 3.64. The third kappa shape index (κ3) is 6.00. The van der Waals surface area contributed by atoms with Crippen molar-refractivity contribution < 1.29 is 26.0 Å². The smallest absolute Gasteiger partial charge is 0.214 e. The van der Waals surface area contributed by atoms with Crippen LogP contribution >= 0.6 is 0 Å². The number of hydrogen-bond donors (Lipinski definition) is 1. The van der Waals surface area contributed by atoms with Gasteiger partial charge in [0.15, 0.2) is 9.84 Å². The predicted octanol–water partition coefficient (Wildman–Crippen LogP) is 3.64. The Labute approximate surface area is 215 Å². The number of ether oxygens (including phenoxy) is 1. The molecule has 1 aliphatic rings. The number of fused-ring (bicyclic) bond motifs is 1. The van der Waals surface area contributed by atoms with Crippen LogP contribution in [-0.4, -0.2) is 50.8 Å². The van der Waals surface area contributed by atoms with Gasteiger partial charge in [-0.1, -0.05) is 12.1 Å². The van der Waals surface area contributed by atoms with Crippen LogP contribution in [0.25, 0.3) is 16.6 Å². The summed E-state index contributed by atoms with van der Waals surface area (Å²) in [5.41, 5.74) is 2.33. The third-order valence-corrected chi connectivity index (χ3v) is 9.33. The summed E-state index contributed by atoms with van der Waals surface area (Å²) < 4.78 is 72.5. The molecule has 0 unspecified atom stereocenters. The molecule has 3 aromatic carbocycles. The number of halogens is 1. The average molecular weight is 544 g/mol. The summed E-state index contributed by atoms with van der Waals surface area (Å²) in [6.45, 7) is 0.0807. The lowest BCUT2D eigenvalue weighted by atomic mass is 10.1. The summed E-state index contributed by atoms with van der Waals surface area (Å²) in [5.74, 6) is 0.225. The lowest BCUT2D eigenvalue weighted by molar-refractivity contribution is 0.278. The number of sulfonamides is 1. The fourth-order valence-electron chi connectivity index (χ4n) is 4.08. The molecule has 8 nitrogen and oxygen atoms in total. The van der Waals surface area contributed by atoms with E-state index in [2.05, 4.69) is 9.82 Å². The van der Waals surface area contributed by atoms with Gasteiger partial charge in [-0.25, -0.2) is 30.6 Å². The molecule has 4 aromatic rings. The Kier molecular flexibility index (Phi) is 6.78. The second kappa shape index (κ2) is 9.88. The third-order valence-electron chi connectivity index (χ3n) is 6.19. The summed E-state index contributed by atoms with van der Waals surface area (Å²) in [7, 11) is -6.79. The van der Waals surface area contributed by atoms with Crippen LogP contribution in [0.3, 0.4) is 0 Å². The van der Waals surface area contributed by atoms with E-state index < -0.39 is 25.9 Å². The summed E-state index contributed by atoms with van der Waals surface area (Å²) >= 11 is 0. The number of hydrogen-bond acceptors (Lipinski definition) is 6. The monoisotopic (exact) mass is 543 g/mol. The van der Waals surface area contributed by atoms with Crippen molar-refractivity contribution >= 4 is 30.8 Å². The van der Waals surface area contributed by atoms with Crippen molar-refractivity contribution in [1.29, 1.82) is 0 Å². The first-order valence-corrected chi connectivity index (χ1v) is 15.2. The first-order chi connectivity index (χ1) is 17.6. The minimum absolute atomic E-state index is 0.0807. The molecule has 194 valence electrons. The molecular formula is C26H26FN3O5S2. The zero-order chi connectivity index (χ0) is 26.2. The highest BCUT2D eigenvalue weighted by atomic mass is 32.2. The Bertz CT molecular complexity index is 1630. The largest absolute Gasteiger partial charge is 0.492 e. The SMILES string of the molecule is CS(=O)(=O)c1ccc(C[C@@H](COc2ccc3c(cnn3-c3ccc(F)cc3)c2)NS(=O)(=O)C2CC2)cc1. The van der Waals surface area contributed by atoms with Gasteiger partial charge in [0.05, 0.1) is 33.6 Å². The van der Waals surface area contributed by atoms with Crippen molar-refractivity contribution in [2.75, 3.05) is 12.9 Å². The predicted molar refractivity (Wildman–Crippen MR) is 139 cm³/mol. The highest BCUT2D eigenvalue weighted by Crippen LogP contribution is 2.28. The number of rotatable bonds is 10. The first kappa shape index (κ1) is 25.4. The van der Waals surface area contributed by atoms with Crippen LogP contribution in [0.2, 0.25) is 0 Å². The molecular weight excluding hydrogens is 517 g/mol. The number of nitrogens with zero attached hydrogens (tertiary/aromatic N) is 2. The molecule has 1 saturated carbocycles. The molecule has 0 amide bonds. The molecule has 0 radical (unpaired) electrons. The second-order valence-corrected chi connectivity index (χ2v) is 13.3. The van der Waals surface area contributed by atoms with Crippen molar-refractivity contribution in [1.82, 2.24) is 14.5 Å². The van der Waals surface area contributed by atoms with Crippen molar-refractivity contribution in [2.24, 2.45) is 0 Å². The lowest BCUT2D eigenvalue weighted by Crippen LogP contribution is -2.42. The summed E-state index contributed by atoms with van der Waals surface area (Å²) in [4.78, 5) is 0.206. The Morgan fingerprint density at radius 2 is 1.73 bits per heavy atom. The van der Waals surface area contributed by atoms with Gasteiger partial charge in [0, 0.05) is 11.6 Å². The summed E-state index contributed by atoms with van der Waals surface area (Å²) in [5, 5.41) is 4.83. The quantitative estimate of drug-likeness (QED) is 0.327. The maximum atomic E-state index is 13.3. The zero-order valence-corrected chi connectivity index (χ0v) is 21.7. The Hall–Kier alpha value is -3.28. The molecule has 1 heterocycles. The van der Waals surface area contributed by atoms with Crippen molar-refractivity contribution in [3.8, 4) is 11.4 Å². The molecule has 1 fully saturated rings. The molecule has 1 N–H and O–H groups in total. The molecule has 1 atom stereocenters. The topological polar surface area (TPSA) is 107 Å². The number of nitrogens with one attached hydrogen (secondary N) is 1. The van der Waals surface area contributed by atoms with Crippen molar-refractivity contribution in [3.63, 3.8) is 0 Å². The molecule has 0 bridgehead atoms. The zero-order valence-electron chi connectivity index (χ0n) is 20.0. The standard InChI is InChI=1S/C26H26FN3O5S2/c1-36(31,32)24-9-2-18(3-10-24)14-21(29-37(33,34)25-11-12-25)17-35-23-8-13-26-19(15-23)16-28-30(26)22-6-4-20(27)5-7-22/h2-10,13,15-16,21,25,29H,11-12,14,17H2,1H3/t21-/m0/s1. The maximum absolute atomic E-state index is 13.3. The van der Waals surface area contributed by atoms with Crippen LogP contribution in [0.5, 0.6) is 5.75 Å². The van der Waals surface area contributed by atoms with E-state index in [4.69, 9.17) is 4.74 Å². The van der Waals surface area contributed by atoms with Crippen molar-refractivity contribution in [3.05, 3.63) is 84.3 Å². The van der Waals surface area contributed by atoms with Crippen LogP contribution in [0.15, 0.2) is 77.8 Å². The summed E-state index contributed by atoms with van der Waals surface area (Å²) in [6.07, 6.45) is 4.44. The molecule has 5 rings (SSSR count). The van der Waals surface area contributed by atoms with Gasteiger partial charge in [0.2, 0.25) is 10.0 Å². The molecule has 1 aromatic heterocycles. The Morgan fingerprint density at radius 3 is 2.38 bits per heavy atom. The molecule has 0 aliphatic heterocycles. The molecule has 11 heteroatoms. The molecule has 1 aliphatic carbocycles. The van der Waals surface area contributed by atoms with Crippen LogP contribution in [0, 0.1) is 5.82 Å². The summed E-state index contributed by atoms with van der Waals surface area (Å²) in [6, 6.07) is 17.3. The lowest BCUT2D eigenvalue weighted by Gasteiger charge is -2.20. The van der Waals surface area contributed by atoms with E-state index in [1.165, 1.54) is 24.3 Å². The molecule has 37 heavy (non-hydrogen) atoms. The van der Waals surface area contributed by atoms with E-state index in [0.717, 1.165) is 28.4 Å². The van der Waals surface area contributed by atoms with Crippen LogP contribution in [-0.2, 0) is 26.3 Å². The van der Waals surface area contributed by atoms with Crippen LogP contribution < -0.4 is 9.46 Å². The highest BCUT2D eigenvalue weighted by molar-refractivity contribution is 7.90. The maximum Gasteiger partial charge on any atom is 0.214 e. The van der Waals surface area contributed by atoms with Gasteiger partial charge >= 0.3 is 0 Å². The van der Waals surface area contributed by atoms with E-state index in [0.29, 0.717) is 25.0 Å². The van der Waals surface area contributed by atoms with E-state index >= 15 is 0 Å². The van der Waals surface area contributed by atoms with E-state index in [-0.39, 0.29) is 22.6 Å². The van der Waals surface area contributed by atoms with Gasteiger partial charge in [-0.15, -0.1) is 0 Å². The van der Waals surface area contributed by atoms with Gasteiger partial charge in [0.1, 0.15) is 18.2 Å². The number of benzene rings is 3. The van der Waals surface area contributed by atoms with E-state index in [1.54, 1.807) is 41.2 Å². The van der Waals surface area contributed by atoms with Gasteiger partial charge in [0.25, 0.3) is 0 Å². The van der Waals surface area contributed by atoms with Gasteiger partial charge in [-0.2, -0.15) is 5.10 Å². The molecule has 0 saturated heterocycles.